The summed E-state index contributed by atoms with van der Waals surface area (Å²) in [5.74, 6) is 1.26. The number of carbonyl (C=O) groups excluding carboxylic acids is 1. The van der Waals surface area contributed by atoms with Gasteiger partial charge in [0.15, 0.2) is 0 Å². The molecular formula is C16H21BrN2O. The molecule has 2 fully saturated rings. The van der Waals surface area contributed by atoms with Crippen LogP contribution in [0.15, 0.2) is 22.7 Å². The molecule has 0 spiro atoms. The van der Waals surface area contributed by atoms with Crippen LogP contribution in [-0.2, 0) is 0 Å². The van der Waals surface area contributed by atoms with E-state index >= 15 is 0 Å². The molecule has 3 unspecified atom stereocenters. The number of amides is 1. The quantitative estimate of drug-likeness (QED) is 0.856. The third-order valence-electron chi connectivity index (χ3n) is 4.94. The van der Waals surface area contributed by atoms with Gasteiger partial charge in [0.1, 0.15) is 0 Å². The maximum atomic E-state index is 12.7. The first-order valence-corrected chi connectivity index (χ1v) is 8.17. The number of hydrogen-bond donors (Lipinski definition) is 1. The van der Waals surface area contributed by atoms with Crippen molar-refractivity contribution in [2.45, 2.75) is 32.2 Å². The zero-order chi connectivity index (χ0) is 14.3. The lowest BCUT2D eigenvalue weighted by atomic mass is 9.78. The number of nitrogens with zero attached hydrogens (tertiary/aromatic N) is 1. The largest absolute Gasteiger partial charge is 0.338 e. The van der Waals surface area contributed by atoms with E-state index < -0.39 is 0 Å². The number of rotatable bonds is 1. The van der Waals surface area contributed by atoms with Crippen LogP contribution >= 0.6 is 15.9 Å². The van der Waals surface area contributed by atoms with Crippen LogP contribution in [0.4, 0.5) is 0 Å². The Labute approximate surface area is 128 Å². The van der Waals surface area contributed by atoms with Gasteiger partial charge >= 0.3 is 0 Å². The van der Waals surface area contributed by atoms with Crippen LogP contribution in [0.5, 0.6) is 0 Å². The van der Waals surface area contributed by atoms with Crippen molar-refractivity contribution in [2.24, 2.45) is 17.6 Å². The summed E-state index contributed by atoms with van der Waals surface area (Å²) in [5.41, 5.74) is 8.07. The summed E-state index contributed by atoms with van der Waals surface area (Å²) in [4.78, 5) is 14.7. The highest BCUT2D eigenvalue weighted by atomic mass is 79.9. The van der Waals surface area contributed by atoms with E-state index in [0.29, 0.717) is 11.8 Å². The van der Waals surface area contributed by atoms with Gasteiger partial charge in [0, 0.05) is 29.2 Å². The number of likely N-dealkylation sites (tertiary alicyclic amines) is 1. The number of carbonyl (C=O) groups is 1. The summed E-state index contributed by atoms with van der Waals surface area (Å²) < 4.78 is 0.997. The van der Waals surface area contributed by atoms with Crippen LogP contribution in [0, 0.1) is 18.8 Å². The molecule has 3 rings (SSSR count). The zero-order valence-corrected chi connectivity index (χ0v) is 13.4. The second-order valence-electron chi connectivity index (χ2n) is 6.14. The molecule has 2 N–H and O–H groups in total. The van der Waals surface area contributed by atoms with Gasteiger partial charge < -0.3 is 10.6 Å². The maximum absolute atomic E-state index is 12.7. The Morgan fingerprint density at radius 3 is 2.90 bits per heavy atom. The third kappa shape index (κ3) is 2.40. The standard InChI is InChI=1S/C16H21BrN2O/c1-10-12(5-3-6-14(10)17)16(20)19-8-11-4-2-7-15(18)13(11)9-19/h3,5-6,11,13,15H,2,4,7-9,18H2,1H3. The van der Waals surface area contributed by atoms with E-state index in [0.717, 1.165) is 35.1 Å². The molecule has 108 valence electrons. The Balaban J connectivity index is 1.80. The highest BCUT2D eigenvalue weighted by Crippen LogP contribution is 2.36. The topological polar surface area (TPSA) is 46.3 Å². The Kier molecular flexibility index (Phi) is 3.87. The molecule has 3 nitrogen and oxygen atoms in total. The van der Waals surface area contributed by atoms with Crippen LogP contribution in [0.1, 0.15) is 35.2 Å². The van der Waals surface area contributed by atoms with Gasteiger partial charge in [-0.25, -0.2) is 0 Å². The third-order valence-corrected chi connectivity index (χ3v) is 5.80. The van der Waals surface area contributed by atoms with Gasteiger partial charge in [-0.05, 0) is 49.3 Å². The van der Waals surface area contributed by atoms with Gasteiger partial charge in [0.2, 0.25) is 0 Å². The molecule has 1 saturated carbocycles. The van der Waals surface area contributed by atoms with Crippen LogP contribution in [-0.4, -0.2) is 29.9 Å². The first-order chi connectivity index (χ1) is 9.58. The fraction of sp³-hybridized carbons (Fsp3) is 0.562. The lowest BCUT2D eigenvalue weighted by Gasteiger charge is -2.29. The molecule has 3 atom stereocenters. The molecule has 0 radical (unpaired) electrons. The van der Waals surface area contributed by atoms with Crippen LogP contribution < -0.4 is 5.73 Å². The van der Waals surface area contributed by atoms with E-state index in [1.54, 1.807) is 0 Å². The average Bonchev–Trinajstić information content (AvgIpc) is 2.87. The first-order valence-electron chi connectivity index (χ1n) is 7.38. The molecule has 1 aliphatic heterocycles. The highest BCUT2D eigenvalue weighted by Gasteiger charge is 2.40. The summed E-state index contributed by atoms with van der Waals surface area (Å²) in [6.07, 6.45) is 3.54. The van der Waals surface area contributed by atoms with E-state index in [9.17, 15) is 4.79 Å². The molecule has 1 saturated heterocycles. The average molecular weight is 337 g/mol. The molecule has 1 amide bonds. The Morgan fingerprint density at radius 1 is 1.35 bits per heavy atom. The lowest BCUT2D eigenvalue weighted by molar-refractivity contribution is 0.0782. The summed E-state index contributed by atoms with van der Waals surface area (Å²) in [5, 5.41) is 0. The monoisotopic (exact) mass is 336 g/mol. The van der Waals surface area contributed by atoms with Crippen molar-refractivity contribution < 1.29 is 4.79 Å². The lowest BCUT2D eigenvalue weighted by Crippen LogP contribution is -2.38. The Bertz CT molecular complexity index is 531. The van der Waals surface area contributed by atoms with Crippen molar-refractivity contribution in [2.75, 3.05) is 13.1 Å². The van der Waals surface area contributed by atoms with Crippen LogP contribution in [0.3, 0.4) is 0 Å². The molecule has 1 heterocycles. The van der Waals surface area contributed by atoms with Crippen LogP contribution in [0.25, 0.3) is 0 Å². The SMILES string of the molecule is Cc1c(Br)cccc1C(=O)N1CC2CCCC(N)C2C1. The Morgan fingerprint density at radius 2 is 2.15 bits per heavy atom. The number of nitrogens with two attached hydrogens (primary N) is 1. The molecule has 1 aromatic rings. The molecule has 0 aromatic heterocycles. The van der Waals surface area contributed by atoms with Crippen molar-refractivity contribution in [3.05, 3.63) is 33.8 Å². The molecule has 4 heteroatoms. The zero-order valence-electron chi connectivity index (χ0n) is 11.8. The smallest absolute Gasteiger partial charge is 0.254 e. The summed E-state index contributed by atoms with van der Waals surface area (Å²) in [6.45, 7) is 3.70. The van der Waals surface area contributed by atoms with Gasteiger partial charge in [-0.2, -0.15) is 0 Å². The second-order valence-corrected chi connectivity index (χ2v) is 7.00. The first kappa shape index (κ1) is 14.1. The fourth-order valence-electron chi connectivity index (χ4n) is 3.69. The summed E-state index contributed by atoms with van der Waals surface area (Å²) >= 11 is 3.50. The number of fused-ring (bicyclic) bond motifs is 1. The molecule has 1 aromatic carbocycles. The predicted octanol–water partition coefficient (Wildman–Crippen LogP) is 2.96. The minimum Gasteiger partial charge on any atom is -0.338 e. The van der Waals surface area contributed by atoms with Crippen molar-refractivity contribution in [3.8, 4) is 0 Å². The number of halogens is 1. The Hall–Kier alpha value is -0.870. The van der Waals surface area contributed by atoms with Crippen molar-refractivity contribution in [3.63, 3.8) is 0 Å². The van der Waals surface area contributed by atoms with E-state index in [1.165, 1.54) is 12.8 Å². The van der Waals surface area contributed by atoms with Crippen molar-refractivity contribution in [1.82, 2.24) is 4.90 Å². The number of benzene rings is 1. The van der Waals surface area contributed by atoms with Gasteiger partial charge in [-0.15, -0.1) is 0 Å². The highest BCUT2D eigenvalue weighted by molar-refractivity contribution is 9.10. The number of hydrogen-bond acceptors (Lipinski definition) is 2. The van der Waals surface area contributed by atoms with Crippen molar-refractivity contribution >= 4 is 21.8 Å². The van der Waals surface area contributed by atoms with E-state index in [2.05, 4.69) is 15.9 Å². The predicted molar refractivity (Wildman–Crippen MR) is 83.6 cm³/mol. The summed E-state index contributed by atoms with van der Waals surface area (Å²) in [7, 11) is 0. The van der Waals surface area contributed by atoms with Gasteiger partial charge in [-0.1, -0.05) is 28.4 Å². The van der Waals surface area contributed by atoms with E-state index in [-0.39, 0.29) is 11.9 Å². The van der Waals surface area contributed by atoms with Gasteiger partial charge in [0.05, 0.1) is 0 Å². The summed E-state index contributed by atoms with van der Waals surface area (Å²) in [6, 6.07) is 6.10. The fourth-order valence-corrected chi connectivity index (χ4v) is 4.06. The van der Waals surface area contributed by atoms with Crippen molar-refractivity contribution in [1.29, 1.82) is 0 Å². The minimum atomic E-state index is 0.158. The minimum absolute atomic E-state index is 0.158. The van der Waals surface area contributed by atoms with E-state index in [4.69, 9.17) is 5.73 Å². The molecule has 2 aliphatic rings. The molecule has 0 bridgehead atoms. The molecular weight excluding hydrogens is 316 g/mol. The van der Waals surface area contributed by atoms with Crippen LogP contribution in [0.2, 0.25) is 0 Å². The maximum Gasteiger partial charge on any atom is 0.254 e. The molecule has 1 aliphatic carbocycles. The van der Waals surface area contributed by atoms with Gasteiger partial charge in [0.25, 0.3) is 5.91 Å². The van der Waals surface area contributed by atoms with E-state index in [1.807, 2.05) is 30.0 Å². The van der Waals surface area contributed by atoms with Gasteiger partial charge in [-0.3, -0.25) is 4.79 Å². The molecule has 20 heavy (non-hydrogen) atoms. The second kappa shape index (κ2) is 5.49. The normalized spacial score (nSPS) is 29.4.